The topological polar surface area (TPSA) is 90.6 Å². The molecule has 1 heterocycles. The fourth-order valence-electron chi connectivity index (χ4n) is 4.01. The molecule has 13 heteroatoms. The lowest BCUT2D eigenvalue weighted by molar-refractivity contribution is -0.904. The molecule has 1 N–H and O–H groups in total. The third-order valence-corrected chi connectivity index (χ3v) is 7.11. The molecule has 1 saturated carbocycles. The molecule has 1 fully saturated rings. The summed E-state index contributed by atoms with van der Waals surface area (Å²) < 4.78 is 53.9. The Balaban J connectivity index is 1.68. The van der Waals surface area contributed by atoms with Crippen LogP contribution in [0.4, 0.5) is 19.3 Å². The number of amides is 1. The van der Waals surface area contributed by atoms with Crippen molar-refractivity contribution in [2.24, 2.45) is 5.92 Å². The Kier molecular flexibility index (Phi) is 9.82. The minimum absolute atomic E-state index is 0.0128. The molecule has 3 aromatic rings. The van der Waals surface area contributed by atoms with E-state index in [0.29, 0.717) is 45.6 Å². The summed E-state index contributed by atoms with van der Waals surface area (Å²) in [5.41, 5.74) is 1.26. The average molecular weight is 614 g/mol. The van der Waals surface area contributed by atoms with Gasteiger partial charge < -0.3 is 23.7 Å². The minimum Gasteiger partial charge on any atom is -0.493 e. The third kappa shape index (κ3) is 7.74. The van der Waals surface area contributed by atoms with Crippen molar-refractivity contribution < 1.29 is 47.2 Å². The summed E-state index contributed by atoms with van der Waals surface area (Å²) >= 11 is 12.7. The van der Waals surface area contributed by atoms with E-state index in [-0.39, 0.29) is 28.0 Å². The number of aromatic nitrogens is 1. The van der Waals surface area contributed by atoms with Gasteiger partial charge in [0.05, 0.1) is 26.5 Å². The number of ether oxygens (including phenoxy) is 5. The first kappa shape index (κ1) is 30.3. The van der Waals surface area contributed by atoms with Gasteiger partial charge in [-0.15, -0.1) is 0 Å². The Morgan fingerprint density at radius 2 is 1.68 bits per heavy atom. The average Bonchev–Trinajstić information content (AvgIpc) is 3.77. The zero-order valence-electron chi connectivity index (χ0n) is 22.5. The maximum absolute atomic E-state index is 13.4. The monoisotopic (exact) mass is 613 g/mol. The first-order valence-corrected chi connectivity index (χ1v) is 13.3. The minimum atomic E-state index is -3.06. The molecule has 1 aliphatic rings. The van der Waals surface area contributed by atoms with Gasteiger partial charge in [0.15, 0.2) is 23.0 Å². The van der Waals surface area contributed by atoms with E-state index in [1.165, 1.54) is 56.8 Å². The number of pyridine rings is 1. The van der Waals surface area contributed by atoms with Crippen LogP contribution in [0.1, 0.15) is 30.1 Å². The van der Waals surface area contributed by atoms with E-state index in [9.17, 15) is 18.8 Å². The molecule has 1 atom stereocenters. The van der Waals surface area contributed by atoms with Crippen molar-refractivity contribution in [1.82, 2.24) is 0 Å². The molecule has 41 heavy (non-hydrogen) atoms. The van der Waals surface area contributed by atoms with Crippen molar-refractivity contribution in [3.63, 3.8) is 0 Å². The Morgan fingerprint density at radius 3 is 2.29 bits per heavy atom. The van der Waals surface area contributed by atoms with E-state index in [4.69, 9.17) is 42.1 Å². The molecular weight excluding hydrogens is 585 g/mol. The largest absolute Gasteiger partial charge is 0.493 e. The predicted octanol–water partition coefficient (Wildman–Crippen LogP) is 6.48. The zero-order chi connectivity index (χ0) is 29.7. The number of hydrogen-bond acceptors (Lipinski definition) is 7. The lowest BCUT2D eigenvalue weighted by Crippen LogP contribution is -2.30. The van der Waals surface area contributed by atoms with Crippen molar-refractivity contribution in [3.05, 3.63) is 70.0 Å². The highest BCUT2D eigenvalue weighted by Crippen LogP contribution is 2.38. The molecule has 220 valence electrons. The van der Waals surface area contributed by atoms with Crippen LogP contribution in [0.25, 0.3) is 0 Å². The molecule has 0 bridgehead atoms. The SMILES string of the molecule is COc1ccc(N(C)C(=O)O[C@@H](Cc2c(Cl)c[n+](O)cc2Cl)c2ccc(OC(F)F)c(OCC3CC3)c2)cc1OC. The summed E-state index contributed by atoms with van der Waals surface area (Å²) in [5.74, 6) is 1.18. The second-order valence-electron chi connectivity index (χ2n) is 9.33. The highest BCUT2D eigenvalue weighted by Gasteiger charge is 2.28. The van der Waals surface area contributed by atoms with Crippen LogP contribution in [0.5, 0.6) is 23.0 Å². The van der Waals surface area contributed by atoms with Crippen LogP contribution < -0.4 is 28.6 Å². The van der Waals surface area contributed by atoms with Gasteiger partial charge in [0.25, 0.3) is 0 Å². The summed E-state index contributed by atoms with van der Waals surface area (Å²) in [7, 11) is 4.49. The van der Waals surface area contributed by atoms with Crippen LogP contribution in [0.3, 0.4) is 0 Å². The standard InChI is InChI=1S/C28H29Cl2F2N2O7/c1-33(18-7-9-22(37-2)25(11-18)38-3)28(35)41-24(12-19-20(29)13-34(36)14-21(19)30)17-6-8-23(40-27(31)32)26(10-17)39-15-16-4-5-16/h6-11,13-14,16,24,27,36H,4-5,12,15H2,1-3H3/q+1/t24-/m0/s1. The number of methoxy groups -OCH3 is 2. The van der Waals surface area contributed by atoms with Gasteiger partial charge in [-0.05, 0) is 48.6 Å². The van der Waals surface area contributed by atoms with Gasteiger partial charge in [0.2, 0.25) is 12.4 Å². The summed E-state index contributed by atoms with van der Waals surface area (Å²) in [6, 6.07) is 9.23. The van der Waals surface area contributed by atoms with E-state index >= 15 is 0 Å². The maximum Gasteiger partial charge on any atom is 0.414 e. The van der Waals surface area contributed by atoms with Crippen molar-refractivity contribution >= 4 is 35.0 Å². The number of benzene rings is 2. The van der Waals surface area contributed by atoms with E-state index < -0.39 is 18.8 Å². The van der Waals surface area contributed by atoms with E-state index in [2.05, 4.69) is 4.74 Å². The van der Waals surface area contributed by atoms with Gasteiger partial charge in [-0.25, -0.2) is 4.79 Å². The van der Waals surface area contributed by atoms with Gasteiger partial charge in [0, 0.05) is 29.8 Å². The highest BCUT2D eigenvalue weighted by molar-refractivity contribution is 6.35. The van der Waals surface area contributed by atoms with Gasteiger partial charge in [-0.3, -0.25) is 10.1 Å². The fourth-order valence-corrected chi connectivity index (χ4v) is 4.62. The molecule has 4 rings (SSSR count). The molecule has 1 amide bonds. The second-order valence-corrected chi connectivity index (χ2v) is 10.1. The Labute approximate surface area is 245 Å². The number of alkyl halides is 2. The molecule has 9 nitrogen and oxygen atoms in total. The summed E-state index contributed by atoms with van der Waals surface area (Å²) in [4.78, 5) is 14.7. The predicted molar refractivity (Wildman–Crippen MR) is 146 cm³/mol. The Bertz CT molecular complexity index is 1370. The molecule has 0 aliphatic heterocycles. The number of hydrogen-bond donors (Lipinski definition) is 1. The molecular formula is C28H29Cl2F2N2O7+. The lowest BCUT2D eigenvalue weighted by Gasteiger charge is -2.25. The number of anilines is 1. The number of halogens is 4. The van der Waals surface area contributed by atoms with Crippen molar-refractivity contribution in [3.8, 4) is 23.0 Å². The summed E-state index contributed by atoms with van der Waals surface area (Å²) in [5, 5.41) is 10.0. The van der Waals surface area contributed by atoms with E-state index in [1.54, 1.807) is 18.2 Å². The third-order valence-electron chi connectivity index (χ3n) is 6.46. The molecule has 0 saturated heterocycles. The normalized spacial score (nSPS) is 13.5. The molecule has 2 aromatic carbocycles. The quantitative estimate of drug-likeness (QED) is 0.185. The maximum atomic E-state index is 13.4. The van der Waals surface area contributed by atoms with Crippen molar-refractivity contribution in [1.29, 1.82) is 0 Å². The summed E-state index contributed by atoms with van der Waals surface area (Å²) in [6.45, 7) is -2.72. The van der Waals surface area contributed by atoms with Gasteiger partial charge >= 0.3 is 12.7 Å². The zero-order valence-corrected chi connectivity index (χ0v) is 24.0. The first-order valence-electron chi connectivity index (χ1n) is 12.6. The molecule has 0 radical (unpaired) electrons. The van der Waals surface area contributed by atoms with Crippen LogP contribution in [-0.2, 0) is 11.2 Å². The Morgan fingerprint density at radius 1 is 1.02 bits per heavy atom. The van der Waals surface area contributed by atoms with Crippen LogP contribution in [0.15, 0.2) is 48.8 Å². The number of rotatable bonds is 12. The number of carbonyl (C=O) groups excluding carboxylic acids is 1. The van der Waals surface area contributed by atoms with Crippen molar-refractivity contribution in [2.75, 3.05) is 32.8 Å². The lowest BCUT2D eigenvalue weighted by atomic mass is 10.0. The fraction of sp³-hybridized carbons (Fsp3) is 0.357. The number of nitrogens with zero attached hydrogens (tertiary/aromatic N) is 2. The van der Waals surface area contributed by atoms with Crippen LogP contribution in [0, 0.1) is 5.92 Å². The van der Waals surface area contributed by atoms with Crippen LogP contribution in [0.2, 0.25) is 10.0 Å². The van der Waals surface area contributed by atoms with Crippen LogP contribution in [-0.4, -0.2) is 45.8 Å². The van der Waals surface area contributed by atoms with E-state index in [1.807, 2.05) is 0 Å². The molecule has 1 aromatic heterocycles. The van der Waals surface area contributed by atoms with Gasteiger partial charge in [0.1, 0.15) is 16.1 Å². The summed E-state index contributed by atoms with van der Waals surface area (Å²) in [6.07, 6.45) is 2.70. The van der Waals surface area contributed by atoms with Gasteiger partial charge in [-0.1, -0.05) is 29.3 Å². The molecule has 0 spiro atoms. The number of carbonyl (C=O) groups is 1. The highest BCUT2D eigenvalue weighted by atomic mass is 35.5. The van der Waals surface area contributed by atoms with Gasteiger partial charge in [-0.2, -0.15) is 8.78 Å². The first-order chi connectivity index (χ1) is 19.6. The van der Waals surface area contributed by atoms with E-state index in [0.717, 1.165) is 12.8 Å². The molecule has 1 aliphatic carbocycles. The smallest absolute Gasteiger partial charge is 0.414 e. The second kappa shape index (κ2) is 13.3. The van der Waals surface area contributed by atoms with Crippen molar-refractivity contribution in [2.45, 2.75) is 32.0 Å². The van der Waals surface area contributed by atoms with Crippen LogP contribution >= 0.6 is 23.2 Å². The molecule has 0 unspecified atom stereocenters. The Hall–Kier alpha value is -3.70.